The number of amides is 1. The van der Waals surface area contributed by atoms with Crippen molar-refractivity contribution < 1.29 is 14.3 Å². The van der Waals surface area contributed by atoms with Gasteiger partial charge >= 0.3 is 0 Å². The number of hydrogen-bond acceptors (Lipinski definition) is 2. The molecule has 1 aromatic carbocycles. The van der Waals surface area contributed by atoms with Crippen LogP contribution < -0.4 is 5.32 Å². The summed E-state index contributed by atoms with van der Waals surface area (Å²) in [6.45, 7) is 2.37. The Labute approximate surface area is 110 Å². The highest BCUT2D eigenvalue weighted by molar-refractivity contribution is 5.90. The maximum Gasteiger partial charge on any atom is 0.224 e. The number of rotatable bonds is 5. The SMILES string of the molecule is Cc1[nH]c2ccc(F)cc2c1CC(=O)NCCCO. The summed E-state index contributed by atoms with van der Waals surface area (Å²) >= 11 is 0. The molecule has 0 unspecified atom stereocenters. The zero-order chi connectivity index (χ0) is 13.8. The lowest BCUT2D eigenvalue weighted by molar-refractivity contribution is -0.120. The fourth-order valence-corrected chi connectivity index (χ4v) is 2.11. The van der Waals surface area contributed by atoms with Crippen molar-refractivity contribution in [3.63, 3.8) is 0 Å². The number of fused-ring (bicyclic) bond motifs is 1. The quantitative estimate of drug-likeness (QED) is 0.719. The van der Waals surface area contributed by atoms with Gasteiger partial charge < -0.3 is 15.4 Å². The van der Waals surface area contributed by atoms with Crippen molar-refractivity contribution in [1.29, 1.82) is 0 Å². The van der Waals surface area contributed by atoms with Crippen LogP contribution in [0.25, 0.3) is 10.9 Å². The second kappa shape index (κ2) is 5.84. The van der Waals surface area contributed by atoms with Gasteiger partial charge in [0, 0.05) is 29.7 Å². The highest BCUT2D eigenvalue weighted by Crippen LogP contribution is 2.23. The van der Waals surface area contributed by atoms with Crippen LogP contribution in [0.3, 0.4) is 0 Å². The lowest BCUT2D eigenvalue weighted by Crippen LogP contribution is -2.26. The molecule has 0 saturated carbocycles. The highest BCUT2D eigenvalue weighted by atomic mass is 19.1. The van der Waals surface area contributed by atoms with Crippen LogP contribution in [0, 0.1) is 12.7 Å². The Morgan fingerprint density at radius 3 is 3.00 bits per heavy atom. The fourth-order valence-electron chi connectivity index (χ4n) is 2.11. The topological polar surface area (TPSA) is 65.1 Å². The van der Waals surface area contributed by atoms with Gasteiger partial charge in [-0.25, -0.2) is 4.39 Å². The molecule has 1 heterocycles. The van der Waals surface area contributed by atoms with Gasteiger partial charge in [-0.05, 0) is 37.1 Å². The molecule has 2 rings (SSSR count). The van der Waals surface area contributed by atoms with E-state index >= 15 is 0 Å². The lowest BCUT2D eigenvalue weighted by atomic mass is 10.1. The minimum absolute atomic E-state index is 0.0532. The molecule has 0 aliphatic heterocycles. The van der Waals surface area contributed by atoms with Crippen LogP contribution in [0.5, 0.6) is 0 Å². The molecule has 0 radical (unpaired) electrons. The van der Waals surface area contributed by atoms with Crippen LogP contribution in [0.1, 0.15) is 17.7 Å². The number of aliphatic hydroxyl groups is 1. The van der Waals surface area contributed by atoms with Crippen molar-refractivity contribution in [3.8, 4) is 0 Å². The van der Waals surface area contributed by atoms with Crippen molar-refractivity contribution in [2.24, 2.45) is 0 Å². The van der Waals surface area contributed by atoms with Gasteiger partial charge in [-0.3, -0.25) is 4.79 Å². The summed E-state index contributed by atoms with van der Waals surface area (Å²) in [5.74, 6) is -0.435. The van der Waals surface area contributed by atoms with E-state index in [9.17, 15) is 9.18 Å². The van der Waals surface area contributed by atoms with Crippen molar-refractivity contribution in [2.75, 3.05) is 13.2 Å². The molecule has 0 atom stereocenters. The molecule has 5 heteroatoms. The van der Waals surface area contributed by atoms with E-state index in [4.69, 9.17) is 5.11 Å². The summed E-state index contributed by atoms with van der Waals surface area (Å²) in [4.78, 5) is 14.9. The minimum Gasteiger partial charge on any atom is -0.396 e. The third-order valence-corrected chi connectivity index (χ3v) is 3.08. The molecule has 0 aliphatic rings. The normalized spacial score (nSPS) is 10.9. The lowest BCUT2D eigenvalue weighted by Gasteiger charge is -2.04. The smallest absolute Gasteiger partial charge is 0.224 e. The summed E-state index contributed by atoms with van der Waals surface area (Å²) in [6.07, 6.45) is 0.744. The van der Waals surface area contributed by atoms with Crippen LogP contribution in [-0.4, -0.2) is 29.1 Å². The van der Waals surface area contributed by atoms with E-state index in [1.165, 1.54) is 12.1 Å². The van der Waals surface area contributed by atoms with Gasteiger partial charge in [0.25, 0.3) is 0 Å². The minimum atomic E-state index is -0.312. The average Bonchev–Trinajstić information content (AvgIpc) is 2.66. The van der Waals surface area contributed by atoms with Crippen LogP contribution in [0.15, 0.2) is 18.2 Å². The molecule has 0 fully saturated rings. The molecule has 0 aliphatic carbocycles. The molecule has 2 aromatic rings. The van der Waals surface area contributed by atoms with Crippen molar-refractivity contribution in [1.82, 2.24) is 10.3 Å². The van der Waals surface area contributed by atoms with E-state index in [1.807, 2.05) is 6.92 Å². The highest BCUT2D eigenvalue weighted by Gasteiger charge is 2.12. The molecule has 0 spiro atoms. The number of aromatic amines is 1. The van der Waals surface area contributed by atoms with E-state index in [0.29, 0.717) is 13.0 Å². The monoisotopic (exact) mass is 264 g/mol. The maximum absolute atomic E-state index is 13.3. The molecular formula is C14H17FN2O2. The Kier molecular flexibility index (Phi) is 4.16. The average molecular weight is 264 g/mol. The van der Waals surface area contributed by atoms with Crippen molar-refractivity contribution in [3.05, 3.63) is 35.3 Å². The van der Waals surface area contributed by atoms with Gasteiger partial charge in [-0.1, -0.05) is 0 Å². The fraction of sp³-hybridized carbons (Fsp3) is 0.357. The molecule has 3 N–H and O–H groups in total. The van der Waals surface area contributed by atoms with E-state index < -0.39 is 0 Å². The van der Waals surface area contributed by atoms with Gasteiger partial charge in [-0.2, -0.15) is 0 Å². The largest absolute Gasteiger partial charge is 0.396 e. The zero-order valence-corrected chi connectivity index (χ0v) is 10.8. The van der Waals surface area contributed by atoms with E-state index in [1.54, 1.807) is 6.07 Å². The molecule has 1 aromatic heterocycles. The standard InChI is InChI=1S/C14H17FN2O2/c1-9-11(8-14(19)16-5-2-6-18)12-7-10(15)3-4-13(12)17-9/h3-4,7,17-18H,2,5-6,8H2,1H3,(H,16,19). The van der Waals surface area contributed by atoms with Crippen LogP contribution in [0.2, 0.25) is 0 Å². The van der Waals surface area contributed by atoms with Crippen LogP contribution in [0.4, 0.5) is 4.39 Å². The summed E-state index contributed by atoms with van der Waals surface area (Å²) in [5.41, 5.74) is 2.52. The molecule has 0 bridgehead atoms. The summed E-state index contributed by atoms with van der Waals surface area (Å²) < 4.78 is 13.3. The summed E-state index contributed by atoms with van der Waals surface area (Å²) in [5, 5.41) is 12.1. The van der Waals surface area contributed by atoms with Gasteiger partial charge in [0.05, 0.1) is 6.42 Å². The number of halogens is 1. The number of H-pyrrole nitrogens is 1. The second-order valence-electron chi connectivity index (χ2n) is 4.52. The third kappa shape index (κ3) is 3.12. The predicted molar refractivity (Wildman–Crippen MR) is 71.4 cm³/mol. The second-order valence-corrected chi connectivity index (χ2v) is 4.52. The maximum atomic E-state index is 13.3. The van der Waals surface area contributed by atoms with E-state index in [-0.39, 0.29) is 24.8 Å². The zero-order valence-electron chi connectivity index (χ0n) is 10.8. The van der Waals surface area contributed by atoms with Crippen LogP contribution in [-0.2, 0) is 11.2 Å². The Balaban J connectivity index is 2.17. The first-order valence-corrected chi connectivity index (χ1v) is 6.26. The Morgan fingerprint density at radius 1 is 1.47 bits per heavy atom. The van der Waals surface area contributed by atoms with Gasteiger partial charge in [0.2, 0.25) is 5.91 Å². The number of aromatic nitrogens is 1. The van der Waals surface area contributed by atoms with E-state index in [0.717, 1.165) is 22.2 Å². The van der Waals surface area contributed by atoms with Gasteiger partial charge in [0.1, 0.15) is 5.82 Å². The number of benzene rings is 1. The summed E-state index contributed by atoms with van der Waals surface area (Å²) in [7, 11) is 0. The number of carbonyl (C=O) groups is 1. The van der Waals surface area contributed by atoms with Crippen molar-refractivity contribution >= 4 is 16.8 Å². The Bertz CT molecular complexity index is 592. The van der Waals surface area contributed by atoms with E-state index in [2.05, 4.69) is 10.3 Å². The van der Waals surface area contributed by atoms with Crippen LogP contribution >= 0.6 is 0 Å². The Hall–Kier alpha value is -1.88. The Morgan fingerprint density at radius 2 is 2.26 bits per heavy atom. The first-order chi connectivity index (χ1) is 9.11. The number of carbonyl (C=O) groups excluding carboxylic acids is 1. The molecule has 102 valence electrons. The first-order valence-electron chi connectivity index (χ1n) is 6.26. The van der Waals surface area contributed by atoms with Gasteiger partial charge in [-0.15, -0.1) is 0 Å². The number of hydrogen-bond donors (Lipinski definition) is 3. The molecular weight excluding hydrogens is 247 g/mol. The third-order valence-electron chi connectivity index (χ3n) is 3.08. The molecule has 1 amide bonds. The number of nitrogens with one attached hydrogen (secondary N) is 2. The van der Waals surface area contributed by atoms with Crippen molar-refractivity contribution in [2.45, 2.75) is 19.8 Å². The molecule has 4 nitrogen and oxygen atoms in total. The molecule has 0 saturated heterocycles. The van der Waals surface area contributed by atoms with Gasteiger partial charge in [0.15, 0.2) is 0 Å². The predicted octanol–water partition coefficient (Wildman–Crippen LogP) is 1.66. The molecule has 19 heavy (non-hydrogen) atoms. The number of aryl methyl sites for hydroxylation is 1. The first kappa shape index (κ1) is 13.5. The summed E-state index contributed by atoms with van der Waals surface area (Å²) in [6, 6.07) is 4.50. The number of aliphatic hydroxyl groups excluding tert-OH is 1.